The molecule has 0 aliphatic heterocycles. The summed E-state index contributed by atoms with van der Waals surface area (Å²) in [4.78, 5) is 33.3. The molecule has 1 aliphatic carbocycles. The van der Waals surface area contributed by atoms with Crippen LogP contribution in [0.5, 0.6) is 0 Å². The molecule has 4 rings (SSSR count). The van der Waals surface area contributed by atoms with Gasteiger partial charge in [0.1, 0.15) is 11.7 Å². The molecule has 5 nitrogen and oxygen atoms in total. The van der Waals surface area contributed by atoms with Gasteiger partial charge in [-0.3, -0.25) is 14.6 Å². The number of nitrogens with one attached hydrogen (secondary N) is 1. The minimum Gasteiger partial charge on any atom is -0.351 e. The van der Waals surface area contributed by atoms with Crippen molar-refractivity contribution in [1.82, 2.24) is 15.2 Å². The van der Waals surface area contributed by atoms with Gasteiger partial charge in [-0.25, -0.2) is 0 Å². The summed E-state index contributed by atoms with van der Waals surface area (Å²) in [7, 11) is 0. The Kier molecular flexibility index (Phi) is 7.74. The summed E-state index contributed by atoms with van der Waals surface area (Å²) in [5, 5.41) is 3.80. The topological polar surface area (TPSA) is 62.3 Å². The molecule has 0 saturated heterocycles. The third-order valence-electron chi connectivity index (χ3n) is 6.04. The van der Waals surface area contributed by atoms with E-state index in [1.807, 2.05) is 42.5 Å². The molecule has 1 aromatic heterocycles. The number of benzene rings is 2. The van der Waals surface area contributed by atoms with Gasteiger partial charge in [-0.1, -0.05) is 79.4 Å². The molecule has 6 heteroatoms. The van der Waals surface area contributed by atoms with Crippen LogP contribution >= 0.6 is 11.6 Å². The highest BCUT2D eigenvalue weighted by Gasteiger charge is 2.34. The van der Waals surface area contributed by atoms with Crippen molar-refractivity contribution >= 4 is 23.4 Å². The smallest absolute Gasteiger partial charge is 0.273 e. The summed E-state index contributed by atoms with van der Waals surface area (Å²) >= 11 is 6.13. The average Bonchev–Trinajstić information content (AvgIpc) is 2.86. The van der Waals surface area contributed by atoms with E-state index >= 15 is 0 Å². The molecule has 1 N–H and O–H groups in total. The molecule has 1 heterocycles. The van der Waals surface area contributed by atoms with E-state index in [1.165, 1.54) is 6.42 Å². The molecule has 33 heavy (non-hydrogen) atoms. The number of carbonyl (C=O) groups is 2. The molecule has 1 aliphatic rings. The van der Waals surface area contributed by atoms with Crippen molar-refractivity contribution < 1.29 is 9.59 Å². The Balaban J connectivity index is 1.72. The highest BCUT2D eigenvalue weighted by Crippen LogP contribution is 2.28. The molecule has 1 saturated carbocycles. The van der Waals surface area contributed by atoms with Crippen LogP contribution in [0.4, 0.5) is 0 Å². The Hall–Kier alpha value is -3.18. The van der Waals surface area contributed by atoms with E-state index in [-0.39, 0.29) is 24.4 Å². The number of amides is 2. The van der Waals surface area contributed by atoms with Crippen molar-refractivity contribution in [2.24, 2.45) is 0 Å². The fourth-order valence-corrected chi connectivity index (χ4v) is 4.47. The van der Waals surface area contributed by atoms with Crippen molar-refractivity contribution in [3.63, 3.8) is 0 Å². The van der Waals surface area contributed by atoms with Crippen LogP contribution in [0.3, 0.4) is 0 Å². The summed E-state index contributed by atoms with van der Waals surface area (Å²) in [5.74, 6) is -0.470. The third-order valence-corrected chi connectivity index (χ3v) is 6.29. The van der Waals surface area contributed by atoms with Gasteiger partial charge in [-0.05, 0) is 48.2 Å². The maximum absolute atomic E-state index is 13.7. The molecular weight excluding hydrogens is 434 g/mol. The Labute approximate surface area is 199 Å². The van der Waals surface area contributed by atoms with Gasteiger partial charge in [-0.2, -0.15) is 0 Å². The molecule has 0 bridgehead atoms. The number of hydrogen-bond donors (Lipinski definition) is 1. The van der Waals surface area contributed by atoms with E-state index < -0.39 is 6.04 Å². The molecule has 2 aromatic carbocycles. The lowest BCUT2D eigenvalue weighted by Gasteiger charge is -2.33. The summed E-state index contributed by atoms with van der Waals surface area (Å²) in [6.07, 6.45) is 6.94. The Bertz CT molecular complexity index is 1050. The Morgan fingerprint density at radius 2 is 1.64 bits per heavy atom. The van der Waals surface area contributed by atoms with Gasteiger partial charge >= 0.3 is 0 Å². The Morgan fingerprint density at radius 1 is 0.939 bits per heavy atom. The van der Waals surface area contributed by atoms with Gasteiger partial charge in [0, 0.05) is 23.8 Å². The van der Waals surface area contributed by atoms with E-state index in [0.717, 1.165) is 31.2 Å². The lowest BCUT2D eigenvalue weighted by molar-refractivity contribution is -0.127. The van der Waals surface area contributed by atoms with Gasteiger partial charge in [0.15, 0.2) is 0 Å². The second kappa shape index (κ2) is 11.1. The van der Waals surface area contributed by atoms with Crippen molar-refractivity contribution in [3.05, 3.63) is 101 Å². The van der Waals surface area contributed by atoms with Crippen molar-refractivity contribution in [2.45, 2.75) is 50.7 Å². The normalized spacial score (nSPS) is 14.9. The van der Waals surface area contributed by atoms with Crippen LogP contribution in [0, 0.1) is 0 Å². The van der Waals surface area contributed by atoms with Crippen molar-refractivity contribution in [2.75, 3.05) is 0 Å². The van der Waals surface area contributed by atoms with Crippen LogP contribution < -0.4 is 5.32 Å². The molecule has 1 atom stereocenters. The highest BCUT2D eigenvalue weighted by atomic mass is 35.5. The van der Waals surface area contributed by atoms with Crippen LogP contribution in [0.25, 0.3) is 0 Å². The van der Waals surface area contributed by atoms with Crippen LogP contribution in [-0.2, 0) is 11.3 Å². The number of hydrogen-bond acceptors (Lipinski definition) is 3. The first-order chi connectivity index (χ1) is 16.1. The first-order valence-electron chi connectivity index (χ1n) is 11.4. The van der Waals surface area contributed by atoms with Gasteiger partial charge in [0.25, 0.3) is 5.91 Å². The standard InChI is InChI=1S/C27H28ClN3O2/c28-22-16-14-21(15-17-22)25(26(32)30-23-11-5-2-6-12-23)31(19-20-9-3-1-4-10-20)27(33)24-13-7-8-18-29-24/h1,3-4,7-10,13-18,23,25H,2,5-6,11-12,19H2,(H,30,32)/t25-/m0/s1. The molecule has 0 radical (unpaired) electrons. The first-order valence-corrected chi connectivity index (χ1v) is 11.8. The summed E-state index contributed by atoms with van der Waals surface area (Å²) in [6.45, 7) is 0.279. The van der Waals surface area contributed by atoms with Gasteiger partial charge < -0.3 is 10.2 Å². The minimum absolute atomic E-state index is 0.129. The number of rotatable bonds is 7. The summed E-state index contributed by atoms with van der Waals surface area (Å²) in [5.41, 5.74) is 1.96. The summed E-state index contributed by atoms with van der Waals surface area (Å²) in [6, 6.07) is 21.4. The third kappa shape index (κ3) is 5.99. The number of pyridine rings is 1. The maximum atomic E-state index is 13.7. The fraction of sp³-hybridized carbons (Fsp3) is 0.296. The summed E-state index contributed by atoms with van der Waals surface area (Å²) < 4.78 is 0. The van der Waals surface area contributed by atoms with Gasteiger partial charge in [0.2, 0.25) is 5.91 Å². The molecular formula is C27H28ClN3O2. The SMILES string of the molecule is O=C(NC1CCCCC1)[C@H](c1ccc(Cl)cc1)N(Cc1ccccc1)C(=O)c1ccccn1. The zero-order valence-corrected chi connectivity index (χ0v) is 19.2. The van der Waals surface area contributed by atoms with E-state index in [1.54, 1.807) is 41.4 Å². The largest absolute Gasteiger partial charge is 0.351 e. The average molecular weight is 462 g/mol. The highest BCUT2D eigenvalue weighted by molar-refractivity contribution is 6.30. The quantitative estimate of drug-likeness (QED) is 0.500. The Morgan fingerprint density at radius 3 is 2.30 bits per heavy atom. The van der Waals surface area contributed by atoms with Crippen LogP contribution in [0.1, 0.15) is 59.8 Å². The lowest BCUT2D eigenvalue weighted by Crippen LogP contribution is -2.47. The molecule has 0 spiro atoms. The molecule has 0 unspecified atom stereocenters. The number of nitrogens with zero attached hydrogens (tertiary/aromatic N) is 2. The number of aromatic nitrogens is 1. The molecule has 2 amide bonds. The van der Waals surface area contributed by atoms with Crippen LogP contribution in [-0.4, -0.2) is 27.7 Å². The van der Waals surface area contributed by atoms with Crippen LogP contribution in [0.2, 0.25) is 5.02 Å². The maximum Gasteiger partial charge on any atom is 0.273 e. The van der Waals surface area contributed by atoms with Gasteiger partial charge in [0.05, 0.1) is 0 Å². The fourth-order valence-electron chi connectivity index (χ4n) is 4.34. The zero-order chi connectivity index (χ0) is 23.0. The predicted molar refractivity (Wildman–Crippen MR) is 130 cm³/mol. The number of carbonyl (C=O) groups excluding carboxylic acids is 2. The lowest BCUT2D eigenvalue weighted by atomic mass is 9.94. The van der Waals surface area contributed by atoms with E-state index in [4.69, 9.17) is 11.6 Å². The van der Waals surface area contributed by atoms with E-state index in [9.17, 15) is 9.59 Å². The number of halogens is 1. The first kappa shape index (κ1) is 23.0. The second-order valence-corrected chi connectivity index (χ2v) is 8.87. The van der Waals surface area contributed by atoms with Crippen LogP contribution in [0.15, 0.2) is 79.0 Å². The molecule has 3 aromatic rings. The predicted octanol–water partition coefficient (Wildman–Crippen LogP) is 5.57. The van der Waals surface area contributed by atoms with Crippen molar-refractivity contribution in [3.8, 4) is 0 Å². The molecule has 1 fully saturated rings. The van der Waals surface area contributed by atoms with Gasteiger partial charge in [-0.15, -0.1) is 0 Å². The zero-order valence-electron chi connectivity index (χ0n) is 18.5. The van der Waals surface area contributed by atoms with E-state index in [2.05, 4.69) is 10.3 Å². The second-order valence-electron chi connectivity index (χ2n) is 8.43. The van der Waals surface area contributed by atoms with E-state index in [0.29, 0.717) is 16.3 Å². The van der Waals surface area contributed by atoms with Crippen molar-refractivity contribution in [1.29, 1.82) is 0 Å². The minimum atomic E-state index is -0.807. The monoisotopic (exact) mass is 461 g/mol. The molecule has 170 valence electrons.